The minimum Gasteiger partial charge on any atom is -0.444 e. The van der Waals surface area contributed by atoms with Gasteiger partial charge in [0, 0.05) is 6.42 Å². The first-order valence-corrected chi connectivity index (χ1v) is 6.64. The Bertz CT molecular complexity index is 307. The highest BCUT2D eigenvalue weighted by Gasteiger charge is 2.19. The van der Waals surface area contributed by atoms with Crippen molar-refractivity contribution >= 4 is 11.8 Å². The Balaban J connectivity index is 1.94. The number of nitrogens with one attached hydrogen (secondary N) is 1. The lowest BCUT2D eigenvalue weighted by Crippen LogP contribution is -2.11. The molecule has 0 radical (unpaired) electrons. The largest absolute Gasteiger partial charge is 0.444 e. The van der Waals surface area contributed by atoms with E-state index in [1.165, 1.54) is 17.9 Å². The van der Waals surface area contributed by atoms with Gasteiger partial charge >= 0.3 is 0 Å². The lowest BCUT2D eigenvalue weighted by Gasteiger charge is -2.06. The molecule has 0 aliphatic carbocycles. The van der Waals surface area contributed by atoms with E-state index in [9.17, 15) is 0 Å². The molecule has 0 bridgehead atoms. The first-order valence-electron chi connectivity index (χ1n) is 5.49. The van der Waals surface area contributed by atoms with E-state index in [1.54, 1.807) is 0 Å². The maximum Gasteiger partial charge on any atom is 0.194 e. The van der Waals surface area contributed by atoms with Crippen molar-refractivity contribution in [2.75, 3.05) is 18.6 Å². The second-order valence-electron chi connectivity index (χ2n) is 4.10. The van der Waals surface area contributed by atoms with E-state index in [0.717, 1.165) is 24.0 Å². The van der Waals surface area contributed by atoms with Crippen molar-refractivity contribution < 1.29 is 4.42 Å². The van der Waals surface area contributed by atoms with Crippen LogP contribution in [0, 0.1) is 5.92 Å². The quantitative estimate of drug-likeness (QED) is 0.854. The average Bonchev–Trinajstić information content (AvgIpc) is 2.88. The summed E-state index contributed by atoms with van der Waals surface area (Å²) >= 11 is 2.04. The van der Waals surface area contributed by atoms with Crippen LogP contribution in [-0.2, 0) is 6.42 Å². The van der Waals surface area contributed by atoms with Gasteiger partial charge in [-0.05, 0) is 37.8 Å². The number of oxazole rings is 1. The lowest BCUT2D eigenvalue weighted by molar-refractivity contribution is 0.393. The van der Waals surface area contributed by atoms with E-state index >= 15 is 0 Å². The summed E-state index contributed by atoms with van der Waals surface area (Å²) in [7, 11) is 1.93. The summed E-state index contributed by atoms with van der Waals surface area (Å²) in [5.41, 5.74) is 0. The number of rotatable bonds is 4. The summed E-state index contributed by atoms with van der Waals surface area (Å²) in [5.74, 6) is 5.17. The van der Waals surface area contributed by atoms with Crippen LogP contribution in [0.1, 0.15) is 31.0 Å². The Morgan fingerprint density at radius 3 is 3.27 bits per heavy atom. The topological polar surface area (TPSA) is 38.1 Å². The molecule has 4 heteroatoms. The summed E-state index contributed by atoms with van der Waals surface area (Å²) < 4.78 is 5.72. The highest BCUT2D eigenvalue weighted by molar-refractivity contribution is 7.99. The van der Waals surface area contributed by atoms with Gasteiger partial charge in [0.1, 0.15) is 5.76 Å². The molecule has 2 heterocycles. The molecule has 1 aromatic heterocycles. The van der Waals surface area contributed by atoms with Crippen LogP contribution in [0.3, 0.4) is 0 Å². The molecule has 0 aromatic carbocycles. The fourth-order valence-corrected chi connectivity index (χ4v) is 3.04. The molecule has 1 fully saturated rings. The van der Waals surface area contributed by atoms with Crippen molar-refractivity contribution in [1.29, 1.82) is 0 Å². The second-order valence-corrected chi connectivity index (χ2v) is 5.25. The minimum atomic E-state index is 0.254. The Hall–Kier alpha value is -0.480. The zero-order valence-corrected chi connectivity index (χ0v) is 10.1. The van der Waals surface area contributed by atoms with E-state index in [1.807, 2.05) is 25.0 Å². The van der Waals surface area contributed by atoms with Crippen LogP contribution < -0.4 is 5.32 Å². The van der Waals surface area contributed by atoms with Crippen molar-refractivity contribution in [3.05, 3.63) is 17.8 Å². The molecule has 15 heavy (non-hydrogen) atoms. The third-order valence-electron chi connectivity index (χ3n) is 2.92. The van der Waals surface area contributed by atoms with Crippen LogP contribution in [0.25, 0.3) is 0 Å². The molecule has 84 valence electrons. The van der Waals surface area contributed by atoms with E-state index in [4.69, 9.17) is 4.42 Å². The van der Waals surface area contributed by atoms with Crippen LogP contribution >= 0.6 is 11.8 Å². The molecule has 2 atom stereocenters. The van der Waals surface area contributed by atoms with Gasteiger partial charge in [-0.3, -0.25) is 0 Å². The molecule has 0 spiro atoms. The van der Waals surface area contributed by atoms with Gasteiger partial charge in [0.25, 0.3) is 0 Å². The number of hydrogen-bond acceptors (Lipinski definition) is 4. The number of aromatic nitrogens is 1. The van der Waals surface area contributed by atoms with Crippen LogP contribution in [0.4, 0.5) is 0 Å². The van der Waals surface area contributed by atoms with Crippen LogP contribution in [0.5, 0.6) is 0 Å². The minimum absolute atomic E-state index is 0.254. The zero-order valence-electron chi connectivity index (χ0n) is 9.32. The highest BCUT2D eigenvalue weighted by atomic mass is 32.2. The summed E-state index contributed by atoms with van der Waals surface area (Å²) in [5, 5.41) is 3.15. The summed E-state index contributed by atoms with van der Waals surface area (Å²) in [6, 6.07) is 0.254. The summed E-state index contributed by atoms with van der Waals surface area (Å²) in [6.45, 7) is 2.08. The maximum absolute atomic E-state index is 5.72. The predicted molar refractivity (Wildman–Crippen MR) is 63.1 cm³/mol. The number of nitrogens with zero attached hydrogens (tertiary/aromatic N) is 1. The average molecular weight is 226 g/mol. The van der Waals surface area contributed by atoms with Gasteiger partial charge in [-0.15, -0.1) is 0 Å². The van der Waals surface area contributed by atoms with Crippen molar-refractivity contribution in [2.45, 2.75) is 25.8 Å². The first kappa shape index (κ1) is 11.0. The van der Waals surface area contributed by atoms with E-state index in [0.29, 0.717) is 0 Å². The van der Waals surface area contributed by atoms with E-state index in [-0.39, 0.29) is 6.04 Å². The van der Waals surface area contributed by atoms with E-state index < -0.39 is 0 Å². The molecular weight excluding hydrogens is 208 g/mol. The fraction of sp³-hybridized carbons (Fsp3) is 0.727. The Morgan fingerprint density at radius 1 is 1.73 bits per heavy atom. The molecule has 1 N–H and O–H groups in total. The zero-order chi connectivity index (χ0) is 10.7. The fourth-order valence-electron chi connectivity index (χ4n) is 1.75. The smallest absolute Gasteiger partial charge is 0.194 e. The molecule has 1 aromatic rings. The van der Waals surface area contributed by atoms with Crippen molar-refractivity contribution in [3.63, 3.8) is 0 Å². The van der Waals surface area contributed by atoms with Gasteiger partial charge in [-0.25, -0.2) is 4.98 Å². The van der Waals surface area contributed by atoms with Crippen LogP contribution in [-0.4, -0.2) is 23.5 Å². The van der Waals surface area contributed by atoms with Gasteiger partial charge in [0.2, 0.25) is 0 Å². The summed E-state index contributed by atoms with van der Waals surface area (Å²) in [6.07, 6.45) is 4.16. The normalized spacial score (nSPS) is 23.2. The molecular formula is C11H18N2OS. The molecule has 0 saturated carbocycles. The van der Waals surface area contributed by atoms with Gasteiger partial charge in [0.05, 0.1) is 12.2 Å². The Kier molecular flexibility index (Phi) is 3.70. The molecule has 2 unspecified atom stereocenters. The van der Waals surface area contributed by atoms with Gasteiger partial charge < -0.3 is 9.73 Å². The van der Waals surface area contributed by atoms with Crippen molar-refractivity contribution in [3.8, 4) is 0 Å². The third kappa shape index (κ3) is 2.75. The molecule has 1 aliphatic rings. The van der Waals surface area contributed by atoms with Gasteiger partial charge in [-0.2, -0.15) is 11.8 Å². The number of thioether (sulfide) groups is 1. The molecule has 1 saturated heterocycles. The van der Waals surface area contributed by atoms with Crippen molar-refractivity contribution in [2.24, 2.45) is 5.92 Å². The van der Waals surface area contributed by atoms with Crippen LogP contribution in [0.15, 0.2) is 10.6 Å². The number of hydrogen-bond donors (Lipinski definition) is 1. The molecule has 3 nitrogen and oxygen atoms in total. The third-order valence-corrected chi connectivity index (χ3v) is 4.15. The Labute approximate surface area is 95.0 Å². The first-order chi connectivity index (χ1) is 7.29. The van der Waals surface area contributed by atoms with Gasteiger partial charge in [-0.1, -0.05) is 0 Å². The SMILES string of the molecule is CNC(C)c1cnc(CC2CCSC2)o1. The Morgan fingerprint density at radius 2 is 2.60 bits per heavy atom. The van der Waals surface area contributed by atoms with Gasteiger partial charge in [0.15, 0.2) is 5.89 Å². The lowest BCUT2D eigenvalue weighted by atomic mass is 10.1. The second kappa shape index (κ2) is 5.03. The molecule has 2 rings (SSSR count). The highest BCUT2D eigenvalue weighted by Crippen LogP contribution is 2.26. The van der Waals surface area contributed by atoms with E-state index in [2.05, 4.69) is 17.2 Å². The summed E-state index contributed by atoms with van der Waals surface area (Å²) in [4.78, 5) is 4.33. The maximum atomic E-state index is 5.72. The molecule has 1 aliphatic heterocycles. The standard InChI is InChI=1S/C11H18N2OS/c1-8(12-2)10-6-13-11(14-10)5-9-3-4-15-7-9/h6,8-9,12H,3-5,7H2,1-2H3. The molecule has 0 amide bonds. The predicted octanol–water partition coefficient (Wildman–Crippen LogP) is 2.25. The monoisotopic (exact) mass is 226 g/mol. The van der Waals surface area contributed by atoms with Crippen molar-refractivity contribution in [1.82, 2.24) is 10.3 Å². The van der Waals surface area contributed by atoms with Crippen LogP contribution in [0.2, 0.25) is 0 Å².